The Morgan fingerprint density at radius 3 is 2.39 bits per heavy atom. The molecule has 0 bridgehead atoms. The van der Waals surface area contributed by atoms with Crippen LogP contribution in [-0.4, -0.2) is 30.4 Å². The molecule has 0 aliphatic rings. The fourth-order valence-electron chi connectivity index (χ4n) is 2.54. The predicted molar refractivity (Wildman–Crippen MR) is 98.2 cm³/mol. The lowest BCUT2D eigenvalue weighted by Gasteiger charge is -2.17. The summed E-state index contributed by atoms with van der Waals surface area (Å²) in [5.74, 6) is 0.916. The molecule has 0 amide bonds. The SMILES string of the molecule is CCCCC[C@@H](C)NC[C@@H](O)Cc1ccc(OCCCC)cc1. The van der Waals surface area contributed by atoms with Crippen LogP contribution in [0.2, 0.25) is 0 Å². The second-order valence-electron chi connectivity index (χ2n) is 6.51. The number of benzene rings is 1. The number of rotatable bonds is 13. The van der Waals surface area contributed by atoms with Crippen LogP contribution < -0.4 is 10.1 Å². The highest BCUT2D eigenvalue weighted by Gasteiger charge is 2.08. The molecule has 23 heavy (non-hydrogen) atoms. The van der Waals surface area contributed by atoms with Crippen molar-refractivity contribution >= 4 is 0 Å². The zero-order valence-corrected chi connectivity index (χ0v) is 15.2. The van der Waals surface area contributed by atoms with E-state index in [1.165, 1.54) is 25.7 Å². The molecular weight excluding hydrogens is 286 g/mol. The van der Waals surface area contributed by atoms with Gasteiger partial charge in [-0.05, 0) is 43.9 Å². The molecule has 2 N–H and O–H groups in total. The summed E-state index contributed by atoms with van der Waals surface area (Å²) >= 11 is 0. The Morgan fingerprint density at radius 2 is 1.74 bits per heavy atom. The lowest BCUT2D eigenvalue weighted by molar-refractivity contribution is 0.167. The van der Waals surface area contributed by atoms with Gasteiger partial charge in [-0.1, -0.05) is 51.7 Å². The Morgan fingerprint density at radius 1 is 1.04 bits per heavy atom. The Bertz CT molecular complexity index is 391. The van der Waals surface area contributed by atoms with Crippen molar-refractivity contribution in [2.75, 3.05) is 13.2 Å². The van der Waals surface area contributed by atoms with Crippen molar-refractivity contribution in [1.29, 1.82) is 0 Å². The first-order chi connectivity index (χ1) is 11.2. The Kier molecular flexibility index (Phi) is 10.8. The average molecular weight is 322 g/mol. The van der Waals surface area contributed by atoms with Gasteiger partial charge in [0.2, 0.25) is 0 Å². The second-order valence-corrected chi connectivity index (χ2v) is 6.51. The van der Waals surface area contributed by atoms with E-state index in [4.69, 9.17) is 4.74 Å². The first-order valence-corrected chi connectivity index (χ1v) is 9.28. The number of aliphatic hydroxyl groups excluding tert-OH is 1. The zero-order valence-electron chi connectivity index (χ0n) is 15.2. The molecule has 0 aliphatic carbocycles. The summed E-state index contributed by atoms with van der Waals surface area (Å²) in [4.78, 5) is 0. The highest BCUT2D eigenvalue weighted by Crippen LogP contribution is 2.14. The van der Waals surface area contributed by atoms with Crippen molar-refractivity contribution in [2.45, 2.75) is 77.9 Å². The first-order valence-electron chi connectivity index (χ1n) is 9.28. The molecule has 0 aliphatic heterocycles. The van der Waals surface area contributed by atoms with Crippen molar-refractivity contribution in [3.8, 4) is 5.75 Å². The van der Waals surface area contributed by atoms with Crippen molar-refractivity contribution in [3.05, 3.63) is 29.8 Å². The summed E-state index contributed by atoms with van der Waals surface area (Å²) in [6.45, 7) is 8.01. The normalized spacial score (nSPS) is 13.7. The van der Waals surface area contributed by atoms with E-state index in [0.29, 0.717) is 19.0 Å². The van der Waals surface area contributed by atoms with Crippen molar-refractivity contribution in [1.82, 2.24) is 5.32 Å². The highest BCUT2D eigenvalue weighted by atomic mass is 16.5. The average Bonchev–Trinajstić information content (AvgIpc) is 2.55. The summed E-state index contributed by atoms with van der Waals surface area (Å²) in [6, 6.07) is 8.58. The molecule has 0 fully saturated rings. The maximum absolute atomic E-state index is 10.2. The van der Waals surface area contributed by atoms with E-state index in [-0.39, 0.29) is 6.10 Å². The van der Waals surface area contributed by atoms with E-state index in [1.54, 1.807) is 0 Å². The number of ether oxygens (including phenoxy) is 1. The van der Waals surface area contributed by atoms with E-state index < -0.39 is 0 Å². The van der Waals surface area contributed by atoms with Gasteiger partial charge in [0.05, 0.1) is 12.7 Å². The highest BCUT2D eigenvalue weighted by molar-refractivity contribution is 5.27. The third kappa shape index (κ3) is 9.62. The Hall–Kier alpha value is -1.06. The molecule has 1 aromatic rings. The summed E-state index contributed by atoms with van der Waals surface area (Å²) < 4.78 is 5.66. The van der Waals surface area contributed by atoms with E-state index in [0.717, 1.165) is 30.8 Å². The van der Waals surface area contributed by atoms with Gasteiger partial charge in [-0.15, -0.1) is 0 Å². The van der Waals surface area contributed by atoms with Crippen LogP contribution in [0.1, 0.15) is 64.9 Å². The fourth-order valence-corrected chi connectivity index (χ4v) is 2.54. The van der Waals surface area contributed by atoms with Crippen LogP contribution in [-0.2, 0) is 6.42 Å². The molecule has 0 saturated heterocycles. The van der Waals surface area contributed by atoms with Crippen LogP contribution in [0.15, 0.2) is 24.3 Å². The molecule has 3 nitrogen and oxygen atoms in total. The van der Waals surface area contributed by atoms with Crippen LogP contribution in [0.25, 0.3) is 0 Å². The van der Waals surface area contributed by atoms with Gasteiger partial charge in [0.15, 0.2) is 0 Å². The first kappa shape index (κ1) is 20.0. The van der Waals surface area contributed by atoms with Crippen molar-refractivity contribution in [2.24, 2.45) is 0 Å². The van der Waals surface area contributed by atoms with E-state index in [2.05, 4.69) is 38.2 Å². The zero-order chi connectivity index (χ0) is 16.9. The molecule has 0 unspecified atom stereocenters. The Balaban J connectivity index is 2.24. The minimum Gasteiger partial charge on any atom is -0.494 e. The topological polar surface area (TPSA) is 41.5 Å². The minimum atomic E-state index is -0.338. The van der Waals surface area contributed by atoms with Gasteiger partial charge in [0.1, 0.15) is 5.75 Å². The molecule has 0 saturated carbocycles. The van der Waals surface area contributed by atoms with E-state index in [9.17, 15) is 5.11 Å². The smallest absolute Gasteiger partial charge is 0.119 e. The molecule has 2 atom stereocenters. The molecule has 0 radical (unpaired) electrons. The molecule has 0 aromatic heterocycles. The van der Waals surface area contributed by atoms with Gasteiger partial charge in [-0.25, -0.2) is 0 Å². The van der Waals surface area contributed by atoms with Crippen LogP contribution in [0.5, 0.6) is 5.75 Å². The van der Waals surface area contributed by atoms with Gasteiger partial charge >= 0.3 is 0 Å². The second kappa shape index (κ2) is 12.4. The van der Waals surface area contributed by atoms with Gasteiger partial charge in [-0.2, -0.15) is 0 Å². The molecule has 0 spiro atoms. The van der Waals surface area contributed by atoms with Crippen LogP contribution in [0.4, 0.5) is 0 Å². The maximum Gasteiger partial charge on any atom is 0.119 e. The Labute approximate surface area is 142 Å². The molecule has 3 heteroatoms. The summed E-state index contributed by atoms with van der Waals surface area (Å²) in [6.07, 6.45) is 7.58. The number of aliphatic hydroxyl groups is 1. The minimum absolute atomic E-state index is 0.338. The monoisotopic (exact) mass is 321 g/mol. The summed E-state index contributed by atoms with van der Waals surface area (Å²) in [7, 11) is 0. The largest absolute Gasteiger partial charge is 0.494 e. The van der Waals surface area contributed by atoms with E-state index >= 15 is 0 Å². The van der Waals surface area contributed by atoms with Gasteiger partial charge in [0.25, 0.3) is 0 Å². The third-order valence-electron chi connectivity index (χ3n) is 4.10. The lowest BCUT2D eigenvalue weighted by atomic mass is 10.1. The molecular formula is C20H35NO2. The van der Waals surface area contributed by atoms with E-state index in [1.807, 2.05) is 12.1 Å². The van der Waals surface area contributed by atoms with Crippen molar-refractivity contribution < 1.29 is 9.84 Å². The van der Waals surface area contributed by atoms with Gasteiger partial charge < -0.3 is 15.2 Å². The summed E-state index contributed by atoms with van der Waals surface area (Å²) in [5, 5.41) is 13.6. The standard InChI is InChI=1S/C20H35NO2/c1-4-6-8-9-17(3)21-16-19(22)15-18-10-12-20(13-11-18)23-14-7-5-2/h10-13,17,19,21-22H,4-9,14-16H2,1-3H3/t17-,19+/m1/s1. The quantitative estimate of drug-likeness (QED) is 0.531. The number of nitrogens with one attached hydrogen (secondary N) is 1. The third-order valence-corrected chi connectivity index (χ3v) is 4.10. The number of unbranched alkanes of at least 4 members (excludes halogenated alkanes) is 3. The predicted octanol–water partition coefficient (Wildman–Crippen LogP) is 4.33. The van der Waals surface area contributed by atoms with Gasteiger partial charge in [0, 0.05) is 12.6 Å². The number of hydrogen-bond acceptors (Lipinski definition) is 3. The maximum atomic E-state index is 10.2. The molecule has 1 aromatic carbocycles. The molecule has 132 valence electrons. The summed E-state index contributed by atoms with van der Waals surface area (Å²) in [5.41, 5.74) is 1.15. The lowest BCUT2D eigenvalue weighted by Crippen LogP contribution is -2.34. The van der Waals surface area contributed by atoms with Gasteiger partial charge in [-0.3, -0.25) is 0 Å². The van der Waals surface area contributed by atoms with Crippen LogP contribution in [0, 0.1) is 0 Å². The molecule has 1 rings (SSSR count). The molecule has 0 heterocycles. The van der Waals surface area contributed by atoms with Crippen molar-refractivity contribution in [3.63, 3.8) is 0 Å². The fraction of sp³-hybridized carbons (Fsp3) is 0.700. The number of hydrogen-bond donors (Lipinski definition) is 2. The van der Waals surface area contributed by atoms with Crippen LogP contribution in [0.3, 0.4) is 0 Å². The van der Waals surface area contributed by atoms with Crippen LogP contribution >= 0.6 is 0 Å².